The van der Waals surface area contributed by atoms with Gasteiger partial charge in [-0.2, -0.15) is 17.6 Å². The van der Waals surface area contributed by atoms with Gasteiger partial charge in [-0.05, 0) is 52.0 Å². The molecule has 0 bridgehead atoms. The van der Waals surface area contributed by atoms with Crippen molar-refractivity contribution in [1.29, 1.82) is 0 Å². The zero-order chi connectivity index (χ0) is 24.0. The fraction of sp³-hybridized carbons (Fsp3) is 0.160. The predicted octanol–water partition coefficient (Wildman–Crippen LogP) is 4.85. The molecule has 4 rings (SSSR count). The molecule has 0 radical (unpaired) electrons. The lowest BCUT2D eigenvalue weighted by atomic mass is 10.1. The number of benzene rings is 3. The summed E-state index contributed by atoms with van der Waals surface area (Å²) in [7, 11) is -8.21. The molecule has 0 saturated carbocycles. The Morgan fingerprint density at radius 2 is 1.03 bits per heavy atom. The van der Waals surface area contributed by atoms with Crippen molar-refractivity contribution >= 4 is 19.9 Å². The van der Waals surface area contributed by atoms with E-state index in [1.165, 1.54) is 31.2 Å². The molecule has 0 atom stereocenters. The Balaban J connectivity index is 2.05. The number of aryl methyl sites for hydroxylation is 4. The first-order valence-corrected chi connectivity index (χ1v) is 13.2. The van der Waals surface area contributed by atoms with E-state index >= 15 is 0 Å². The largest absolute Gasteiger partial charge is 0.283 e. The van der Waals surface area contributed by atoms with Crippen LogP contribution >= 0.6 is 0 Å². The second-order valence-corrected chi connectivity index (χ2v) is 11.8. The highest BCUT2D eigenvalue weighted by Gasteiger charge is 2.34. The van der Waals surface area contributed by atoms with E-state index < -0.39 is 19.9 Å². The molecule has 0 fully saturated rings. The van der Waals surface area contributed by atoms with E-state index in [-0.39, 0.29) is 26.1 Å². The van der Waals surface area contributed by atoms with Gasteiger partial charge in [-0.1, -0.05) is 65.2 Å². The van der Waals surface area contributed by atoms with Crippen LogP contribution in [0.15, 0.2) is 87.5 Å². The minimum atomic E-state index is -4.15. The minimum absolute atomic E-state index is 0.0219. The monoisotopic (exact) mass is 480 g/mol. The first-order chi connectivity index (χ1) is 15.5. The summed E-state index contributed by atoms with van der Waals surface area (Å²) in [5.74, 6) is 0. The van der Waals surface area contributed by atoms with Crippen molar-refractivity contribution in [2.75, 3.05) is 0 Å². The molecule has 0 N–H and O–H groups in total. The SMILES string of the molecule is Cc1ccc(-c2c(S(=O)(=O)c3ccc(C)cc3)c(C)nn2S(=O)(=O)c2ccc(C)cc2)cc1. The molecule has 8 heteroatoms. The van der Waals surface area contributed by atoms with E-state index in [4.69, 9.17) is 0 Å². The zero-order valence-corrected chi connectivity index (χ0v) is 20.4. The van der Waals surface area contributed by atoms with Gasteiger partial charge in [-0.15, -0.1) is 0 Å². The van der Waals surface area contributed by atoms with Gasteiger partial charge in [0, 0.05) is 5.56 Å². The van der Waals surface area contributed by atoms with Crippen molar-refractivity contribution in [1.82, 2.24) is 9.19 Å². The van der Waals surface area contributed by atoms with Gasteiger partial charge in [0.05, 0.1) is 15.5 Å². The molecule has 0 aliphatic carbocycles. The second-order valence-electron chi connectivity index (χ2n) is 8.11. The number of hydrogen-bond donors (Lipinski definition) is 0. The molecule has 6 nitrogen and oxygen atoms in total. The summed E-state index contributed by atoms with van der Waals surface area (Å²) in [5, 5.41) is 4.24. The topological polar surface area (TPSA) is 86.1 Å². The Hall–Kier alpha value is -3.23. The molecule has 0 saturated heterocycles. The van der Waals surface area contributed by atoms with E-state index in [1.807, 2.05) is 32.9 Å². The van der Waals surface area contributed by atoms with E-state index in [1.54, 1.807) is 36.4 Å². The second kappa shape index (κ2) is 8.28. The van der Waals surface area contributed by atoms with Gasteiger partial charge < -0.3 is 0 Å². The normalized spacial score (nSPS) is 12.1. The summed E-state index contributed by atoms with van der Waals surface area (Å²) in [6, 6.07) is 19.9. The molecule has 1 aromatic heterocycles. The van der Waals surface area contributed by atoms with E-state index in [0.717, 1.165) is 20.8 Å². The number of sulfone groups is 1. The minimum Gasteiger partial charge on any atom is -0.218 e. The first kappa shape index (κ1) is 22.9. The van der Waals surface area contributed by atoms with Gasteiger partial charge in [0.15, 0.2) is 0 Å². The standard InChI is InChI=1S/C25H24N2O4S2/c1-17-5-11-21(12-6-17)24-25(32(28,29)22-13-7-18(2)8-14-22)20(4)26-27(24)33(30,31)23-15-9-19(3)10-16-23/h5-16H,1-4H3. The van der Waals surface area contributed by atoms with Crippen LogP contribution in [-0.4, -0.2) is 26.0 Å². The lowest BCUT2D eigenvalue weighted by molar-refractivity contribution is 0.580. The average molecular weight is 481 g/mol. The van der Waals surface area contributed by atoms with Crippen LogP contribution in [0.2, 0.25) is 0 Å². The van der Waals surface area contributed by atoms with Gasteiger partial charge in [-0.3, -0.25) is 0 Å². The third-order valence-corrected chi connectivity index (χ3v) is 8.95. The highest BCUT2D eigenvalue weighted by molar-refractivity contribution is 7.92. The van der Waals surface area contributed by atoms with Crippen molar-refractivity contribution in [3.63, 3.8) is 0 Å². The Labute approximate surface area is 194 Å². The molecule has 170 valence electrons. The summed E-state index contributed by atoms with van der Waals surface area (Å²) in [4.78, 5) is -0.00835. The highest BCUT2D eigenvalue weighted by Crippen LogP contribution is 2.36. The van der Waals surface area contributed by atoms with E-state index in [0.29, 0.717) is 5.56 Å². The van der Waals surface area contributed by atoms with Crippen LogP contribution in [0.5, 0.6) is 0 Å². The number of nitrogens with zero attached hydrogens (tertiary/aromatic N) is 2. The Kier molecular flexibility index (Phi) is 5.76. The summed E-state index contributed by atoms with van der Waals surface area (Å²) in [6.45, 7) is 7.14. The molecule has 0 spiro atoms. The molecule has 3 aromatic carbocycles. The summed E-state index contributed by atoms with van der Waals surface area (Å²) in [5.41, 5.74) is 3.37. The molecule has 33 heavy (non-hydrogen) atoms. The van der Waals surface area contributed by atoms with Gasteiger partial charge in [0.2, 0.25) is 9.84 Å². The molecule has 0 aliphatic heterocycles. The van der Waals surface area contributed by atoms with Crippen LogP contribution in [0, 0.1) is 27.7 Å². The lowest BCUT2D eigenvalue weighted by Gasteiger charge is -2.12. The van der Waals surface area contributed by atoms with Crippen molar-refractivity contribution < 1.29 is 16.8 Å². The molecule has 0 unspecified atom stereocenters. The molecule has 1 heterocycles. The number of aromatic nitrogens is 2. The van der Waals surface area contributed by atoms with Crippen molar-refractivity contribution in [2.45, 2.75) is 42.4 Å². The van der Waals surface area contributed by atoms with Gasteiger partial charge in [-0.25, -0.2) is 8.42 Å². The van der Waals surface area contributed by atoms with Crippen LogP contribution in [0.25, 0.3) is 11.3 Å². The lowest BCUT2D eigenvalue weighted by Crippen LogP contribution is -2.16. The fourth-order valence-electron chi connectivity index (χ4n) is 3.58. The smallest absolute Gasteiger partial charge is 0.218 e. The number of hydrogen-bond acceptors (Lipinski definition) is 5. The van der Waals surface area contributed by atoms with Crippen LogP contribution in [0.1, 0.15) is 22.4 Å². The van der Waals surface area contributed by atoms with E-state index in [9.17, 15) is 16.8 Å². The maximum atomic E-state index is 13.7. The Morgan fingerprint density at radius 1 is 0.606 bits per heavy atom. The first-order valence-electron chi connectivity index (χ1n) is 10.3. The predicted molar refractivity (Wildman–Crippen MR) is 128 cm³/mol. The summed E-state index contributed by atoms with van der Waals surface area (Å²) < 4.78 is 55.4. The average Bonchev–Trinajstić information content (AvgIpc) is 3.13. The molecule has 0 aliphatic rings. The van der Waals surface area contributed by atoms with Crippen molar-refractivity contribution in [3.05, 3.63) is 95.2 Å². The van der Waals surface area contributed by atoms with Crippen LogP contribution in [0.3, 0.4) is 0 Å². The number of rotatable bonds is 5. The zero-order valence-electron chi connectivity index (χ0n) is 18.8. The van der Waals surface area contributed by atoms with Gasteiger partial charge in [0.25, 0.3) is 10.0 Å². The molecular weight excluding hydrogens is 456 g/mol. The van der Waals surface area contributed by atoms with E-state index in [2.05, 4.69) is 5.10 Å². The maximum absolute atomic E-state index is 13.7. The van der Waals surface area contributed by atoms with Crippen LogP contribution in [0.4, 0.5) is 0 Å². The van der Waals surface area contributed by atoms with Crippen LogP contribution in [-0.2, 0) is 19.9 Å². The Bertz CT molecular complexity index is 1530. The van der Waals surface area contributed by atoms with Crippen molar-refractivity contribution in [3.8, 4) is 11.3 Å². The highest BCUT2D eigenvalue weighted by atomic mass is 32.2. The Morgan fingerprint density at radius 3 is 1.52 bits per heavy atom. The van der Waals surface area contributed by atoms with Gasteiger partial charge in [0.1, 0.15) is 10.6 Å². The molecular formula is C25H24N2O4S2. The molecule has 0 amide bonds. The van der Waals surface area contributed by atoms with Crippen LogP contribution < -0.4 is 0 Å². The summed E-state index contributed by atoms with van der Waals surface area (Å²) >= 11 is 0. The molecule has 4 aromatic rings. The third kappa shape index (κ3) is 4.12. The fourth-order valence-corrected chi connectivity index (χ4v) is 6.61. The summed E-state index contributed by atoms with van der Waals surface area (Å²) in [6.07, 6.45) is 0. The van der Waals surface area contributed by atoms with Gasteiger partial charge >= 0.3 is 0 Å². The van der Waals surface area contributed by atoms with Crippen molar-refractivity contribution in [2.24, 2.45) is 0 Å². The maximum Gasteiger partial charge on any atom is 0.283 e. The quantitative estimate of drug-likeness (QED) is 0.407. The third-order valence-electron chi connectivity index (χ3n) is 5.45.